The molecule has 0 saturated carbocycles. The zero-order valence-corrected chi connectivity index (χ0v) is 21.4. The number of aromatic nitrogens is 4. The number of aromatic amines is 1. The molecule has 4 aromatic rings. The number of piperidine rings is 1. The van der Waals surface area contributed by atoms with E-state index in [2.05, 4.69) is 48.4 Å². The summed E-state index contributed by atoms with van der Waals surface area (Å²) in [5.74, 6) is -0.386. The summed E-state index contributed by atoms with van der Waals surface area (Å²) in [4.78, 5) is 32.5. The number of nitrogens with zero attached hydrogens (tertiary/aromatic N) is 4. The van der Waals surface area contributed by atoms with Gasteiger partial charge >= 0.3 is 0 Å². The van der Waals surface area contributed by atoms with Crippen LogP contribution >= 0.6 is 15.9 Å². The Morgan fingerprint density at radius 3 is 2.78 bits per heavy atom. The van der Waals surface area contributed by atoms with Crippen molar-refractivity contribution >= 4 is 32.6 Å². The first-order valence-electron chi connectivity index (χ1n) is 11.8. The largest absolute Gasteiger partial charge is 0.352 e. The van der Waals surface area contributed by atoms with Gasteiger partial charge in [-0.05, 0) is 96.1 Å². The lowest BCUT2D eigenvalue weighted by atomic mass is 9.97. The number of carbonyl (C=O) groups is 1. The first kappa shape index (κ1) is 24.3. The maximum atomic E-state index is 14.4. The number of amides is 1. The highest BCUT2D eigenvalue weighted by atomic mass is 79.9. The number of fused-ring (bicyclic) bond motifs is 1. The average molecular weight is 553 g/mol. The van der Waals surface area contributed by atoms with Crippen molar-refractivity contribution in [3.63, 3.8) is 0 Å². The van der Waals surface area contributed by atoms with Gasteiger partial charge in [-0.2, -0.15) is 5.10 Å². The van der Waals surface area contributed by atoms with Gasteiger partial charge in [-0.15, -0.1) is 0 Å². The van der Waals surface area contributed by atoms with E-state index in [1.165, 1.54) is 22.9 Å². The van der Waals surface area contributed by atoms with E-state index in [-0.39, 0.29) is 23.6 Å². The summed E-state index contributed by atoms with van der Waals surface area (Å²) in [6.45, 7) is 2.75. The standard InChI is InChI=1S/C26H26BrFN6O2/c1-33-5-2-16(3-6-33)12-30-25(35)19-8-17(9-20(28)10-19)15-34-7-4-18-11-23(22-14-31-32-24(22)27)29-13-21(18)26(34)36/h4,7-11,13-14,16H,2-3,5-6,12,15H2,1H3,(H,30,35)(H,31,32). The van der Waals surface area contributed by atoms with Gasteiger partial charge in [0.15, 0.2) is 0 Å². The molecular formula is C26H26BrFN6O2. The average Bonchev–Trinajstić information content (AvgIpc) is 3.30. The normalized spacial score (nSPS) is 14.9. The van der Waals surface area contributed by atoms with Gasteiger partial charge in [-0.3, -0.25) is 19.7 Å². The zero-order valence-electron chi connectivity index (χ0n) is 19.8. The quantitative estimate of drug-likeness (QED) is 0.379. The number of pyridine rings is 2. The number of likely N-dealkylation sites (tertiary alicyclic amines) is 1. The molecule has 10 heteroatoms. The molecule has 3 aromatic heterocycles. The van der Waals surface area contributed by atoms with Gasteiger partial charge < -0.3 is 14.8 Å². The number of halogens is 2. The molecule has 0 atom stereocenters. The van der Waals surface area contributed by atoms with Crippen LogP contribution in [0.5, 0.6) is 0 Å². The van der Waals surface area contributed by atoms with E-state index in [0.29, 0.717) is 33.7 Å². The van der Waals surface area contributed by atoms with Crippen LogP contribution in [0, 0.1) is 11.7 Å². The van der Waals surface area contributed by atoms with Crippen LogP contribution in [-0.4, -0.2) is 57.2 Å². The molecule has 1 saturated heterocycles. The topological polar surface area (TPSA) is 95.9 Å². The van der Waals surface area contributed by atoms with Gasteiger partial charge in [0.25, 0.3) is 11.5 Å². The van der Waals surface area contributed by atoms with Crippen LogP contribution in [0.15, 0.2) is 58.3 Å². The van der Waals surface area contributed by atoms with Crippen molar-refractivity contribution in [1.29, 1.82) is 0 Å². The van der Waals surface area contributed by atoms with Gasteiger partial charge in [-0.25, -0.2) is 4.39 Å². The molecular weight excluding hydrogens is 527 g/mol. The van der Waals surface area contributed by atoms with E-state index in [1.807, 2.05) is 12.1 Å². The third-order valence-electron chi connectivity index (χ3n) is 6.69. The van der Waals surface area contributed by atoms with Gasteiger partial charge in [0.1, 0.15) is 10.4 Å². The molecule has 0 unspecified atom stereocenters. The molecule has 8 nitrogen and oxygen atoms in total. The lowest BCUT2D eigenvalue weighted by Gasteiger charge is -2.28. The molecule has 0 bridgehead atoms. The first-order chi connectivity index (χ1) is 17.4. The molecule has 0 radical (unpaired) electrons. The Balaban J connectivity index is 1.33. The Labute approximate surface area is 215 Å². The zero-order chi connectivity index (χ0) is 25.2. The second-order valence-electron chi connectivity index (χ2n) is 9.31. The van der Waals surface area contributed by atoms with Crippen molar-refractivity contribution in [2.45, 2.75) is 19.4 Å². The van der Waals surface area contributed by atoms with E-state index in [9.17, 15) is 14.0 Å². The Morgan fingerprint density at radius 2 is 2.03 bits per heavy atom. The fourth-order valence-corrected chi connectivity index (χ4v) is 4.98. The molecule has 1 amide bonds. The minimum Gasteiger partial charge on any atom is -0.352 e. The molecule has 186 valence electrons. The SMILES string of the molecule is CN1CCC(CNC(=O)c2cc(F)cc(Cn3ccc4cc(-c5cn[nH]c5Br)ncc4c3=O)c2)CC1. The minimum atomic E-state index is -0.511. The summed E-state index contributed by atoms with van der Waals surface area (Å²) < 4.78 is 16.6. The summed E-state index contributed by atoms with van der Waals surface area (Å²) in [5.41, 5.74) is 2.02. The van der Waals surface area contributed by atoms with Gasteiger partial charge in [0.05, 0.1) is 29.4 Å². The van der Waals surface area contributed by atoms with Crippen molar-refractivity contribution in [2.75, 3.05) is 26.7 Å². The Kier molecular flexibility index (Phi) is 6.97. The maximum Gasteiger partial charge on any atom is 0.260 e. The van der Waals surface area contributed by atoms with Crippen molar-refractivity contribution in [1.82, 2.24) is 30.0 Å². The first-order valence-corrected chi connectivity index (χ1v) is 12.6. The summed E-state index contributed by atoms with van der Waals surface area (Å²) in [6.07, 6.45) is 6.93. The molecule has 0 spiro atoms. The van der Waals surface area contributed by atoms with Gasteiger partial charge in [-0.1, -0.05) is 0 Å². The number of nitrogens with one attached hydrogen (secondary N) is 2. The molecule has 1 aromatic carbocycles. The third kappa shape index (κ3) is 5.24. The number of hydrogen-bond acceptors (Lipinski definition) is 5. The molecule has 36 heavy (non-hydrogen) atoms. The molecule has 1 fully saturated rings. The molecule has 1 aliphatic heterocycles. The Hall–Kier alpha value is -3.37. The van der Waals surface area contributed by atoms with Crippen molar-refractivity contribution in [2.24, 2.45) is 5.92 Å². The third-order valence-corrected chi connectivity index (χ3v) is 7.30. The highest BCUT2D eigenvalue weighted by Gasteiger charge is 2.18. The van der Waals surface area contributed by atoms with Crippen molar-refractivity contribution < 1.29 is 9.18 Å². The second kappa shape index (κ2) is 10.3. The highest BCUT2D eigenvalue weighted by Crippen LogP contribution is 2.26. The Morgan fingerprint density at radius 1 is 1.22 bits per heavy atom. The second-order valence-corrected chi connectivity index (χ2v) is 10.1. The van der Waals surface area contributed by atoms with E-state index >= 15 is 0 Å². The number of rotatable bonds is 6. The van der Waals surface area contributed by atoms with E-state index in [4.69, 9.17) is 0 Å². The van der Waals surface area contributed by atoms with Gasteiger partial charge in [0, 0.05) is 24.5 Å². The fourth-order valence-electron chi connectivity index (χ4n) is 4.58. The minimum absolute atomic E-state index is 0.136. The number of benzene rings is 1. The Bertz CT molecular complexity index is 1480. The van der Waals surface area contributed by atoms with Crippen LogP contribution in [0.4, 0.5) is 4.39 Å². The van der Waals surface area contributed by atoms with Crippen LogP contribution < -0.4 is 10.9 Å². The molecule has 1 aliphatic rings. The highest BCUT2D eigenvalue weighted by molar-refractivity contribution is 9.10. The van der Waals surface area contributed by atoms with Crippen LogP contribution in [0.2, 0.25) is 0 Å². The van der Waals surface area contributed by atoms with Crippen molar-refractivity contribution in [3.05, 3.63) is 80.8 Å². The van der Waals surface area contributed by atoms with Crippen LogP contribution in [0.3, 0.4) is 0 Å². The molecule has 2 N–H and O–H groups in total. The predicted molar refractivity (Wildman–Crippen MR) is 139 cm³/mol. The number of hydrogen-bond donors (Lipinski definition) is 2. The maximum absolute atomic E-state index is 14.4. The summed E-state index contributed by atoms with van der Waals surface area (Å²) >= 11 is 3.40. The smallest absolute Gasteiger partial charge is 0.260 e. The number of H-pyrrole nitrogens is 1. The molecule has 4 heterocycles. The monoisotopic (exact) mass is 552 g/mol. The molecule has 0 aliphatic carbocycles. The predicted octanol–water partition coefficient (Wildman–Crippen LogP) is 3.81. The van der Waals surface area contributed by atoms with Crippen LogP contribution in [0.1, 0.15) is 28.8 Å². The van der Waals surface area contributed by atoms with E-state index < -0.39 is 5.82 Å². The van der Waals surface area contributed by atoms with E-state index in [1.54, 1.807) is 18.5 Å². The lowest BCUT2D eigenvalue weighted by Crippen LogP contribution is -2.36. The summed E-state index contributed by atoms with van der Waals surface area (Å²) in [6, 6.07) is 7.87. The summed E-state index contributed by atoms with van der Waals surface area (Å²) in [5, 5.41) is 10.9. The van der Waals surface area contributed by atoms with Gasteiger partial charge in [0.2, 0.25) is 0 Å². The van der Waals surface area contributed by atoms with E-state index in [0.717, 1.165) is 36.9 Å². The van der Waals surface area contributed by atoms with Crippen LogP contribution in [0.25, 0.3) is 22.0 Å². The molecule has 5 rings (SSSR count). The fraction of sp³-hybridized carbons (Fsp3) is 0.308. The van der Waals surface area contributed by atoms with Crippen molar-refractivity contribution in [3.8, 4) is 11.3 Å². The lowest BCUT2D eigenvalue weighted by molar-refractivity contribution is 0.0938. The van der Waals surface area contributed by atoms with Crippen LogP contribution in [-0.2, 0) is 6.54 Å². The number of carbonyl (C=O) groups excluding carboxylic acids is 1. The summed E-state index contributed by atoms with van der Waals surface area (Å²) in [7, 11) is 2.10.